The number of aromatic amines is 1. The van der Waals surface area contributed by atoms with E-state index in [0.717, 1.165) is 52.2 Å². The Morgan fingerprint density at radius 2 is 1.65 bits per heavy atom. The Balaban J connectivity index is 1.09. The summed E-state index contributed by atoms with van der Waals surface area (Å²) in [6.07, 6.45) is 1.75. The van der Waals surface area contributed by atoms with E-state index in [1.54, 1.807) is 55.7 Å². The van der Waals surface area contributed by atoms with Crippen molar-refractivity contribution >= 4 is 46.1 Å². The Labute approximate surface area is 283 Å². The van der Waals surface area contributed by atoms with Gasteiger partial charge in [0.1, 0.15) is 11.5 Å². The first-order valence-electron chi connectivity index (χ1n) is 16.0. The topological polar surface area (TPSA) is 134 Å². The summed E-state index contributed by atoms with van der Waals surface area (Å²) in [7, 11) is 5.56. The summed E-state index contributed by atoms with van der Waals surface area (Å²) in [5.74, 6) is 0.916. The van der Waals surface area contributed by atoms with E-state index >= 15 is 0 Å². The molecule has 0 aliphatic carbocycles. The lowest BCUT2D eigenvalue weighted by Gasteiger charge is -2.32. The summed E-state index contributed by atoms with van der Waals surface area (Å²) in [5.41, 5.74) is 7.11. The number of benzene rings is 3. The highest BCUT2D eigenvalue weighted by molar-refractivity contribution is 6.16. The summed E-state index contributed by atoms with van der Waals surface area (Å²) < 4.78 is 13.4. The molecule has 0 radical (unpaired) electrons. The number of Topliss-reactive ketones (excluding diaryl/α,β-unsaturated/α-hetero) is 1. The largest absolute Gasteiger partial charge is 0.497 e. The number of piperazine rings is 1. The maximum Gasteiger partial charge on any atom is 0.323 e. The summed E-state index contributed by atoms with van der Waals surface area (Å²) in [6.45, 7) is 7.02. The van der Waals surface area contributed by atoms with Gasteiger partial charge < -0.3 is 34.9 Å². The number of aryl methyl sites for hydroxylation is 2. The zero-order chi connectivity index (χ0) is 34.4. The van der Waals surface area contributed by atoms with Crippen LogP contribution in [0.2, 0.25) is 0 Å². The van der Waals surface area contributed by atoms with Crippen LogP contribution < -0.4 is 20.1 Å². The van der Waals surface area contributed by atoms with Crippen LogP contribution in [0.25, 0.3) is 28.2 Å². The number of amides is 3. The minimum absolute atomic E-state index is 0.0227. The normalized spacial score (nSPS) is 15.4. The van der Waals surface area contributed by atoms with E-state index in [9.17, 15) is 14.4 Å². The second-order valence-electron chi connectivity index (χ2n) is 12.4. The number of carbonyl (C=O) groups is 3. The van der Waals surface area contributed by atoms with Crippen LogP contribution in [-0.2, 0) is 7.05 Å². The van der Waals surface area contributed by atoms with Gasteiger partial charge in [-0.2, -0.15) is 5.10 Å². The third-order valence-electron chi connectivity index (χ3n) is 9.19. The quantitative estimate of drug-likeness (QED) is 0.195. The fraction of sp³-hybridized carbons (Fsp3) is 0.243. The smallest absolute Gasteiger partial charge is 0.323 e. The number of hydrogen-bond acceptors (Lipinski definition) is 7. The number of H-pyrrole nitrogens is 1. The molecule has 1 fully saturated rings. The third kappa shape index (κ3) is 6.02. The maximum atomic E-state index is 13.7. The van der Waals surface area contributed by atoms with Gasteiger partial charge in [0.15, 0.2) is 5.76 Å². The van der Waals surface area contributed by atoms with Gasteiger partial charge in [0.05, 0.1) is 24.1 Å². The molecule has 3 aromatic carbocycles. The Morgan fingerprint density at radius 1 is 0.939 bits per heavy atom. The molecular formula is C37H37N7O5. The van der Waals surface area contributed by atoms with Gasteiger partial charge in [-0.15, -0.1) is 0 Å². The number of nitrogens with zero attached hydrogens (tertiary/aromatic N) is 4. The first kappa shape index (κ1) is 31.7. The zero-order valence-electron chi connectivity index (χ0n) is 28.0. The number of rotatable bonds is 6. The lowest BCUT2D eigenvalue weighted by Crippen LogP contribution is -2.47. The van der Waals surface area contributed by atoms with Gasteiger partial charge in [0, 0.05) is 77.9 Å². The van der Waals surface area contributed by atoms with E-state index in [1.807, 2.05) is 55.7 Å². The number of methoxy groups -OCH3 is 1. The number of hydrogen-bond donors (Lipinski definition) is 3. The number of ether oxygens (including phenoxy) is 2. The molecule has 250 valence electrons. The van der Waals surface area contributed by atoms with E-state index in [2.05, 4.69) is 25.6 Å². The van der Waals surface area contributed by atoms with E-state index < -0.39 is 6.03 Å². The predicted octanol–water partition coefficient (Wildman–Crippen LogP) is 5.84. The summed E-state index contributed by atoms with van der Waals surface area (Å²) >= 11 is 0. The molecule has 0 unspecified atom stereocenters. The van der Waals surface area contributed by atoms with Crippen LogP contribution in [0.5, 0.6) is 11.5 Å². The molecule has 0 atom stereocenters. The number of anilines is 2. The molecule has 2 aliphatic rings. The van der Waals surface area contributed by atoms with Crippen LogP contribution in [-0.4, -0.2) is 82.6 Å². The van der Waals surface area contributed by atoms with E-state index in [1.165, 1.54) is 0 Å². The van der Waals surface area contributed by atoms with Gasteiger partial charge in [-0.3, -0.25) is 14.3 Å². The summed E-state index contributed by atoms with van der Waals surface area (Å²) in [5, 5.41) is 11.0. The number of nitrogens with one attached hydrogen (secondary N) is 3. The second kappa shape index (κ2) is 12.6. The SMILES string of the molecule is COc1ccc2[nH]c(-c3c(C)nn(C)c3C)c(/C=C3\Oc4ccc(NC(=O)Nc5ccc(C(=O)N6CCN(C)CC6)cc5)cc4C3=O)c2c1. The molecule has 7 rings (SSSR count). The van der Waals surface area contributed by atoms with Crippen molar-refractivity contribution in [2.75, 3.05) is 51.0 Å². The molecule has 0 saturated carbocycles. The molecule has 3 amide bonds. The molecule has 4 heterocycles. The monoisotopic (exact) mass is 659 g/mol. The van der Waals surface area contributed by atoms with Crippen LogP contribution in [0.15, 0.2) is 66.4 Å². The predicted molar refractivity (Wildman–Crippen MR) is 188 cm³/mol. The number of urea groups is 1. The van der Waals surface area contributed by atoms with Crippen molar-refractivity contribution in [1.29, 1.82) is 0 Å². The Kier molecular flexibility index (Phi) is 8.17. The van der Waals surface area contributed by atoms with Crippen molar-refractivity contribution in [3.05, 3.63) is 94.5 Å². The minimum Gasteiger partial charge on any atom is -0.497 e. The molecule has 1 saturated heterocycles. The lowest BCUT2D eigenvalue weighted by atomic mass is 10.0. The molecule has 3 N–H and O–H groups in total. The van der Waals surface area contributed by atoms with Gasteiger partial charge >= 0.3 is 6.03 Å². The van der Waals surface area contributed by atoms with E-state index in [-0.39, 0.29) is 17.4 Å². The highest BCUT2D eigenvalue weighted by Crippen LogP contribution is 2.39. The van der Waals surface area contributed by atoms with Gasteiger partial charge in [0.25, 0.3) is 5.91 Å². The molecule has 2 aliphatic heterocycles. The van der Waals surface area contributed by atoms with Crippen LogP contribution in [0.1, 0.15) is 37.7 Å². The van der Waals surface area contributed by atoms with Crippen molar-refractivity contribution in [3.63, 3.8) is 0 Å². The second-order valence-corrected chi connectivity index (χ2v) is 12.4. The average Bonchev–Trinajstić information content (AvgIpc) is 3.69. The van der Waals surface area contributed by atoms with Gasteiger partial charge in [-0.25, -0.2) is 4.79 Å². The van der Waals surface area contributed by atoms with E-state index in [4.69, 9.17) is 9.47 Å². The summed E-state index contributed by atoms with van der Waals surface area (Å²) in [6, 6.07) is 17.0. The van der Waals surface area contributed by atoms with Crippen molar-refractivity contribution in [2.45, 2.75) is 13.8 Å². The third-order valence-corrected chi connectivity index (χ3v) is 9.19. The van der Waals surface area contributed by atoms with Crippen LogP contribution in [0, 0.1) is 13.8 Å². The Bertz CT molecular complexity index is 2150. The van der Waals surface area contributed by atoms with Crippen LogP contribution in [0.4, 0.5) is 16.2 Å². The molecule has 12 nitrogen and oxygen atoms in total. The molecule has 49 heavy (non-hydrogen) atoms. The molecule has 0 bridgehead atoms. The van der Waals surface area contributed by atoms with Gasteiger partial charge in [-0.05, 0) is 87.6 Å². The number of allylic oxidation sites excluding steroid dienone is 1. The van der Waals surface area contributed by atoms with Crippen molar-refractivity contribution in [1.82, 2.24) is 24.6 Å². The molecule has 12 heteroatoms. The first-order chi connectivity index (χ1) is 23.6. The number of carbonyl (C=O) groups excluding carboxylic acids is 3. The standard InChI is InChI=1S/C37H37N7O5/c1-21-33(22(2)43(4)41-21)34-28(27-19-26(48-5)11-12-30(27)40-34)20-32-35(45)29-18-25(10-13-31(29)49-32)39-37(47)38-24-8-6-23(7-9-24)36(46)44-16-14-42(3)15-17-44/h6-13,18-20,40H,14-17H2,1-5H3,(H2,38,39,47)/b32-20-. The fourth-order valence-electron chi connectivity index (χ4n) is 6.38. The molecule has 0 spiro atoms. The highest BCUT2D eigenvalue weighted by Gasteiger charge is 2.30. The number of ketones is 1. The fourth-order valence-corrected chi connectivity index (χ4v) is 6.38. The van der Waals surface area contributed by atoms with Crippen LogP contribution in [0.3, 0.4) is 0 Å². The number of aromatic nitrogens is 3. The first-order valence-corrected chi connectivity index (χ1v) is 16.0. The van der Waals surface area contributed by atoms with Crippen molar-refractivity contribution in [3.8, 4) is 22.8 Å². The van der Waals surface area contributed by atoms with Gasteiger partial charge in [-0.1, -0.05) is 0 Å². The Morgan fingerprint density at radius 3 is 2.35 bits per heavy atom. The van der Waals surface area contributed by atoms with Crippen molar-refractivity contribution in [2.24, 2.45) is 7.05 Å². The number of likely N-dealkylation sites (N-methyl/N-ethyl adjacent to an activating group) is 1. The molecule has 2 aromatic heterocycles. The molecule has 5 aromatic rings. The minimum atomic E-state index is -0.486. The van der Waals surface area contributed by atoms with E-state index in [0.29, 0.717) is 47.1 Å². The Hall–Kier alpha value is -5.88. The lowest BCUT2D eigenvalue weighted by molar-refractivity contribution is 0.0664. The van der Waals surface area contributed by atoms with Crippen LogP contribution >= 0.6 is 0 Å². The number of fused-ring (bicyclic) bond motifs is 2. The summed E-state index contributed by atoms with van der Waals surface area (Å²) in [4.78, 5) is 47.0. The zero-order valence-corrected chi connectivity index (χ0v) is 28.0. The molecular weight excluding hydrogens is 622 g/mol. The van der Waals surface area contributed by atoms with Gasteiger partial charge in [0.2, 0.25) is 5.78 Å². The maximum absolute atomic E-state index is 13.7. The average molecular weight is 660 g/mol. The highest BCUT2D eigenvalue weighted by atomic mass is 16.5. The van der Waals surface area contributed by atoms with Crippen molar-refractivity contribution < 1.29 is 23.9 Å².